The van der Waals surface area contributed by atoms with Crippen LogP contribution in [-0.4, -0.2) is 24.4 Å². The second-order valence-corrected chi connectivity index (χ2v) is 13.2. The first kappa shape index (κ1) is 29.1. The summed E-state index contributed by atoms with van der Waals surface area (Å²) in [6.45, 7) is 27.0. The third-order valence-corrected chi connectivity index (χ3v) is 5.17. The number of hydrogen-bond acceptors (Lipinski definition) is 4. The van der Waals surface area contributed by atoms with E-state index in [0.717, 1.165) is 12.8 Å². The van der Waals surface area contributed by atoms with Gasteiger partial charge < -0.3 is 0 Å². The fourth-order valence-electron chi connectivity index (χ4n) is 4.57. The van der Waals surface area contributed by atoms with Crippen molar-refractivity contribution in [3.8, 4) is 0 Å². The van der Waals surface area contributed by atoms with Gasteiger partial charge in [-0.25, -0.2) is 19.6 Å². The zero-order valence-corrected chi connectivity index (χ0v) is 22.9. The second kappa shape index (κ2) is 11.5. The third kappa shape index (κ3) is 12.3. The Morgan fingerprint density at radius 3 is 1.28 bits per heavy atom. The van der Waals surface area contributed by atoms with E-state index < -0.39 is 0 Å². The first-order chi connectivity index (χ1) is 14.4. The van der Waals surface area contributed by atoms with Crippen LogP contribution in [0.2, 0.25) is 0 Å². The highest BCUT2D eigenvalue weighted by atomic mass is 17.2. The van der Waals surface area contributed by atoms with Crippen LogP contribution in [-0.2, 0) is 19.6 Å². The Bertz CT molecular complexity index is 624. The van der Waals surface area contributed by atoms with E-state index in [4.69, 9.17) is 19.6 Å². The van der Waals surface area contributed by atoms with Crippen LogP contribution in [0.3, 0.4) is 0 Å². The molecule has 2 unspecified atom stereocenters. The Kier molecular flexibility index (Phi) is 10.4. The van der Waals surface area contributed by atoms with Gasteiger partial charge in [-0.2, -0.15) is 0 Å². The smallest absolute Gasteiger partial charge is 0.0985 e. The molecule has 186 valence electrons. The molecular weight excluding hydrogens is 400 g/mol. The first-order valence-corrected chi connectivity index (χ1v) is 12.1. The lowest BCUT2D eigenvalue weighted by molar-refractivity contribution is -0.359. The Balaban J connectivity index is 2.57. The molecule has 2 atom stereocenters. The Morgan fingerprint density at radius 2 is 0.969 bits per heavy atom. The summed E-state index contributed by atoms with van der Waals surface area (Å²) >= 11 is 0. The van der Waals surface area contributed by atoms with Crippen molar-refractivity contribution in [2.75, 3.05) is 13.2 Å². The van der Waals surface area contributed by atoms with Crippen molar-refractivity contribution in [2.45, 2.75) is 119 Å². The van der Waals surface area contributed by atoms with Gasteiger partial charge in [-0.1, -0.05) is 79.7 Å². The summed E-state index contributed by atoms with van der Waals surface area (Å²) in [5.41, 5.74) is 2.23. The van der Waals surface area contributed by atoms with Crippen LogP contribution in [0.1, 0.15) is 119 Å². The van der Waals surface area contributed by atoms with Gasteiger partial charge in [0.1, 0.15) is 0 Å². The molecule has 0 bridgehead atoms. The van der Waals surface area contributed by atoms with Crippen LogP contribution in [0.5, 0.6) is 0 Å². The van der Waals surface area contributed by atoms with Gasteiger partial charge in [-0.3, -0.25) is 0 Å². The fourth-order valence-corrected chi connectivity index (χ4v) is 4.57. The molecule has 0 saturated heterocycles. The monoisotopic (exact) mass is 450 g/mol. The maximum Gasteiger partial charge on any atom is 0.0985 e. The van der Waals surface area contributed by atoms with Gasteiger partial charge in [0.05, 0.1) is 24.4 Å². The van der Waals surface area contributed by atoms with Gasteiger partial charge in [-0.05, 0) is 62.5 Å². The standard InChI is InChI=1S/C28H50O4/c1-21(17-29-31-27(9,10)19-25(3,4)5)23-14-13-15-24(16-23)22(2)18-30-32-28(11,12)20-26(6,7)8/h13-16,21-22H,17-20H2,1-12H3. The van der Waals surface area contributed by atoms with E-state index in [1.807, 2.05) is 0 Å². The van der Waals surface area contributed by atoms with Crippen LogP contribution in [0, 0.1) is 10.8 Å². The summed E-state index contributed by atoms with van der Waals surface area (Å²) in [6, 6.07) is 8.64. The Morgan fingerprint density at radius 1 is 0.625 bits per heavy atom. The van der Waals surface area contributed by atoms with E-state index in [2.05, 4.69) is 107 Å². The SMILES string of the molecule is CC(COOC(C)(C)CC(C)(C)C)c1cccc(C(C)COOC(C)(C)CC(C)(C)C)c1. The molecule has 0 saturated carbocycles. The number of rotatable bonds is 12. The van der Waals surface area contributed by atoms with Crippen LogP contribution >= 0.6 is 0 Å². The van der Waals surface area contributed by atoms with Gasteiger partial charge in [-0.15, -0.1) is 0 Å². The van der Waals surface area contributed by atoms with E-state index in [1.54, 1.807) is 0 Å². The van der Waals surface area contributed by atoms with E-state index in [9.17, 15) is 0 Å². The maximum atomic E-state index is 5.76. The van der Waals surface area contributed by atoms with Gasteiger partial charge in [0.15, 0.2) is 0 Å². The molecule has 0 aliphatic rings. The molecule has 4 heteroatoms. The molecule has 0 radical (unpaired) electrons. The van der Waals surface area contributed by atoms with Crippen LogP contribution in [0.4, 0.5) is 0 Å². The summed E-state index contributed by atoms with van der Waals surface area (Å²) in [5, 5.41) is 0. The largest absolute Gasteiger partial charge is 0.236 e. The zero-order valence-electron chi connectivity index (χ0n) is 22.9. The fraction of sp³-hybridized carbons (Fsp3) is 0.786. The predicted octanol–water partition coefficient (Wildman–Crippen LogP) is 8.22. The summed E-state index contributed by atoms with van der Waals surface area (Å²) in [6.07, 6.45) is 1.85. The average Bonchev–Trinajstić information content (AvgIpc) is 2.57. The van der Waals surface area contributed by atoms with Gasteiger partial charge >= 0.3 is 0 Å². The second-order valence-electron chi connectivity index (χ2n) is 13.2. The molecule has 4 nitrogen and oxygen atoms in total. The van der Waals surface area contributed by atoms with Crippen molar-refractivity contribution in [1.29, 1.82) is 0 Å². The van der Waals surface area contributed by atoms with Crippen LogP contribution < -0.4 is 0 Å². The minimum atomic E-state index is -0.313. The highest BCUT2D eigenvalue weighted by Gasteiger charge is 2.28. The predicted molar refractivity (Wildman–Crippen MR) is 134 cm³/mol. The highest BCUT2D eigenvalue weighted by Crippen LogP contribution is 2.31. The lowest BCUT2D eigenvalue weighted by Crippen LogP contribution is -2.31. The molecule has 1 aromatic rings. The molecule has 1 rings (SSSR count). The van der Waals surface area contributed by atoms with Crippen LogP contribution in [0.15, 0.2) is 24.3 Å². The average molecular weight is 451 g/mol. The molecule has 1 aromatic carbocycles. The molecule has 0 fully saturated rings. The summed E-state index contributed by atoms with van der Waals surface area (Å²) in [5.74, 6) is 0.464. The summed E-state index contributed by atoms with van der Waals surface area (Å²) in [4.78, 5) is 22.8. The van der Waals surface area contributed by atoms with Crippen molar-refractivity contribution in [3.63, 3.8) is 0 Å². The third-order valence-electron chi connectivity index (χ3n) is 5.17. The van der Waals surface area contributed by atoms with Gasteiger partial charge in [0, 0.05) is 11.8 Å². The summed E-state index contributed by atoms with van der Waals surface area (Å²) in [7, 11) is 0. The highest BCUT2D eigenvalue weighted by molar-refractivity contribution is 5.28. The normalized spacial score (nSPS) is 15.6. The zero-order chi connectivity index (χ0) is 24.8. The van der Waals surface area contributed by atoms with Crippen molar-refractivity contribution >= 4 is 0 Å². The van der Waals surface area contributed by atoms with Gasteiger partial charge in [0.2, 0.25) is 0 Å². The number of benzene rings is 1. The van der Waals surface area contributed by atoms with Crippen LogP contribution in [0.25, 0.3) is 0 Å². The molecule has 0 aliphatic heterocycles. The van der Waals surface area contributed by atoms with E-state index in [0.29, 0.717) is 13.2 Å². The molecule has 0 heterocycles. The molecule has 0 aliphatic carbocycles. The Labute approximate surface area is 198 Å². The lowest BCUT2D eigenvalue weighted by Gasteiger charge is -2.31. The molecule has 0 N–H and O–H groups in total. The lowest BCUT2D eigenvalue weighted by atomic mass is 9.84. The summed E-state index contributed by atoms with van der Waals surface area (Å²) < 4.78 is 0. The van der Waals surface area contributed by atoms with E-state index in [1.165, 1.54) is 11.1 Å². The maximum absolute atomic E-state index is 5.76. The number of hydrogen-bond donors (Lipinski definition) is 0. The van der Waals surface area contributed by atoms with Crippen molar-refractivity contribution in [1.82, 2.24) is 0 Å². The van der Waals surface area contributed by atoms with Crippen molar-refractivity contribution in [2.24, 2.45) is 10.8 Å². The quantitative estimate of drug-likeness (QED) is 0.237. The van der Waals surface area contributed by atoms with Crippen molar-refractivity contribution in [3.05, 3.63) is 35.4 Å². The first-order valence-electron chi connectivity index (χ1n) is 12.1. The van der Waals surface area contributed by atoms with Crippen molar-refractivity contribution < 1.29 is 19.6 Å². The minimum Gasteiger partial charge on any atom is -0.236 e. The molecule has 0 spiro atoms. The van der Waals surface area contributed by atoms with E-state index in [-0.39, 0.29) is 33.9 Å². The molecule has 0 aromatic heterocycles. The van der Waals surface area contributed by atoms with Gasteiger partial charge in [0.25, 0.3) is 0 Å². The minimum absolute atomic E-state index is 0.191. The molecule has 32 heavy (non-hydrogen) atoms. The Hall–Kier alpha value is -0.940. The topological polar surface area (TPSA) is 36.9 Å². The van der Waals surface area contributed by atoms with E-state index >= 15 is 0 Å². The molecule has 0 amide bonds. The molecular formula is C28H50O4.